The third-order valence-electron chi connectivity index (χ3n) is 4.37. The zero-order valence-electron chi connectivity index (χ0n) is 16.7. The quantitative estimate of drug-likeness (QED) is 0.406. The number of nitrogen functional groups attached to an aromatic ring is 1. The number of esters is 1. The number of nitrogens with zero attached hydrogens (tertiary/aromatic N) is 4. The first kappa shape index (κ1) is 20.3. The Morgan fingerprint density at radius 1 is 1.23 bits per heavy atom. The Hall–Kier alpha value is -3.99. The summed E-state index contributed by atoms with van der Waals surface area (Å²) >= 11 is 1.35. The monoisotopic (exact) mass is 437 g/mol. The van der Waals surface area contributed by atoms with Crippen molar-refractivity contribution in [1.29, 1.82) is 0 Å². The summed E-state index contributed by atoms with van der Waals surface area (Å²) in [7, 11) is 0. The molecule has 0 saturated carbocycles. The average molecular weight is 437 g/mol. The zero-order valence-corrected chi connectivity index (χ0v) is 17.6. The van der Waals surface area contributed by atoms with Gasteiger partial charge in [0, 0.05) is 22.8 Å². The van der Waals surface area contributed by atoms with Crippen molar-refractivity contribution in [1.82, 2.24) is 19.6 Å². The highest BCUT2D eigenvalue weighted by Gasteiger charge is 2.22. The van der Waals surface area contributed by atoms with Crippen LogP contribution in [0.5, 0.6) is 0 Å². The number of aromatic nitrogens is 4. The van der Waals surface area contributed by atoms with E-state index in [4.69, 9.17) is 10.5 Å². The van der Waals surface area contributed by atoms with E-state index in [-0.39, 0.29) is 12.4 Å². The number of rotatable bonds is 5. The summed E-state index contributed by atoms with van der Waals surface area (Å²) in [4.78, 5) is 32.9. The van der Waals surface area contributed by atoms with Crippen molar-refractivity contribution in [3.8, 4) is 11.1 Å². The fraction of sp³-hybridized carbons (Fsp3) is 0.150. The highest BCUT2D eigenvalue weighted by Crippen LogP contribution is 2.33. The number of thiazole rings is 1. The smallest absolute Gasteiger partial charge is 0.340 e. The summed E-state index contributed by atoms with van der Waals surface area (Å²) < 4.78 is 6.68. The first-order valence-corrected chi connectivity index (χ1v) is 10.2. The number of nitrogens with one attached hydrogen (secondary N) is 2. The largest absolute Gasteiger partial charge is 0.462 e. The molecule has 11 heteroatoms. The highest BCUT2D eigenvalue weighted by atomic mass is 32.1. The van der Waals surface area contributed by atoms with Crippen molar-refractivity contribution in [3.63, 3.8) is 0 Å². The molecule has 0 aliphatic carbocycles. The SMILES string of the molecule is CCOC(=O)c1cn2ncnc(N)c2c1-c1ccc(NC(=O)Nc2nc(C)cs2)cc1. The lowest BCUT2D eigenvalue weighted by atomic mass is 10.0. The van der Waals surface area contributed by atoms with Crippen LogP contribution in [-0.2, 0) is 4.74 Å². The number of benzene rings is 1. The van der Waals surface area contributed by atoms with Gasteiger partial charge in [0.1, 0.15) is 11.8 Å². The lowest BCUT2D eigenvalue weighted by Crippen LogP contribution is -2.19. The number of amides is 2. The number of carbonyl (C=O) groups is 2. The first-order chi connectivity index (χ1) is 15.0. The number of anilines is 3. The molecule has 0 radical (unpaired) electrons. The van der Waals surface area contributed by atoms with Gasteiger partial charge in [-0.1, -0.05) is 12.1 Å². The number of carbonyl (C=O) groups excluding carboxylic acids is 2. The number of nitrogens with two attached hydrogens (primary N) is 1. The molecule has 3 heterocycles. The van der Waals surface area contributed by atoms with E-state index in [0.717, 1.165) is 5.69 Å². The first-order valence-electron chi connectivity index (χ1n) is 9.35. The number of hydrogen-bond acceptors (Lipinski definition) is 8. The predicted molar refractivity (Wildman–Crippen MR) is 118 cm³/mol. The molecule has 4 rings (SSSR count). The van der Waals surface area contributed by atoms with Gasteiger partial charge in [0.05, 0.1) is 17.9 Å². The summed E-state index contributed by atoms with van der Waals surface area (Å²) in [6.07, 6.45) is 2.88. The third kappa shape index (κ3) is 4.16. The topological polar surface area (TPSA) is 137 Å². The van der Waals surface area contributed by atoms with Gasteiger partial charge in [0.2, 0.25) is 0 Å². The van der Waals surface area contributed by atoms with Gasteiger partial charge in [-0.15, -0.1) is 11.3 Å². The van der Waals surface area contributed by atoms with E-state index in [2.05, 4.69) is 25.7 Å². The molecule has 10 nitrogen and oxygen atoms in total. The Labute approximate surface area is 181 Å². The van der Waals surface area contributed by atoms with Gasteiger partial charge < -0.3 is 15.8 Å². The van der Waals surface area contributed by atoms with Crippen LogP contribution in [0.3, 0.4) is 0 Å². The van der Waals surface area contributed by atoms with E-state index in [0.29, 0.717) is 33.0 Å². The molecule has 0 aliphatic heterocycles. The Morgan fingerprint density at radius 2 is 2.00 bits per heavy atom. The molecule has 4 N–H and O–H groups in total. The van der Waals surface area contributed by atoms with Crippen LogP contribution in [0.1, 0.15) is 23.0 Å². The fourth-order valence-electron chi connectivity index (χ4n) is 3.08. The van der Waals surface area contributed by atoms with E-state index in [1.807, 2.05) is 12.3 Å². The fourth-order valence-corrected chi connectivity index (χ4v) is 3.76. The molecular formula is C20H19N7O3S. The van der Waals surface area contributed by atoms with Crippen molar-refractivity contribution in [2.45, 2.75) is 13.8 Å². The number of fused-ring (bicyclic) bond motifs is 1. The van der Waals surface area contributed by atoms with Crippen LogP contribution in [0.15, 0.2) is 42.2 Å². The second kappa shape index (κ2) is 8.40. The Kier molecular flexibility index (Phi) is 5.50. The zero-order chi connectivity index (χ0) is 22.0. The minimum atomic E-state index is -0.484. The van der Waals surface area contributed by atoms with Gasteiger partial charge in [0.25, 0.3) is 0 Å². The maximum atomic E-state index is 12.5. The Morgan fingerprint density at radius 3 is 2.68 bits per heavy atom. The standard InChI is InChI=1S/C20H19N7O3S/c1-3-30-18(28)14-8-27-16(17(21)22-10-23-27)15(14)12-4-6-13(7-5-12)25-19(29)26-20-24-11(2)9-31-20/h4-10H,3H2,1-2H3,(H2,21,22,23)(H2,24,25,26,29). The number of ether oxygens (including phenoxy) is 1. The Bertz CT molecular complexity index is 1260. The molecular weight excluding hydrogens is 418 g/mol. The molecule has 0 atom stereocenters. The van der Waals surface area contributed by atoms with Crippen molar-refractivity contribution in [2.75, 3.05) is 23.0 Å². The maximum absolute atomic E-state index is 12.5. The van der Waals surface area contributed by atoms with E-state index < -0.39 is 12.0 Å². The van der Waals surface area contributed by atoms with Crippen LogP contribution in [0.4, 0.5) is 21.4 Å². The lowest BCUT2D eigenvalue weighted by Gasteiger charge is -2.09. The van der Waals surface area contributed by atoms with E-state index in [1.165, 1.54) is 22.2 Å². The van der Waals surface area contributed by atoms with Crippen LogP contribution in [0, 0.1) is 6.92 Å². The third-order valence-corrected chi connectivity index (χ3v) is 5.24. The van der Waals surface area contributed by atoms with Crippen molar-refractivity contribution in [3.05, 3.63) is 53.4 Å². The predicted octanol–water partition coefficient (Wildman–Crippen LogP) is 3.56. The van der Waals surface area contributed by atoms with Gasteiger partial charge in [-0.25, -0.2) is 24.1 Å². The summed E-state index contributed by atoms with van der Waals surface area (Å²) in [6, 6.07) is 6.59. The molecule has 0 saturated heterocycles. The van der Waals surface area contributed by atoms with Crippen LogP contribution < -0.4 is 16.4 Å². The Balaban J connectivity index is 1.63. The maximum Gasteiger partial charge on any atom is 0.340 e. The molecule has 1 aromatic carbocycles. The normalized spacial score (nSPS) is 10.8. The molecule has 0 spiro atoms. The van der Waals surface area contributed by atoms with Crippen LogP contribution in [0.2, 0.25) is 0 Å². The number of urea groups is 1. The molecule has 158 valence electrons. The summed E-state index contributed by atoms with van der Waals surface area (Å²) in [6.45, 7) is 3.83. The van der Waals surface area contributed by atoms with E-state index in [9.17, 15) is 9.59 Å². The summed E-state index contributed by atoms with van der Waals surface area (Å²) in [5, 5.41) is 11.9. The van der Waals surface area contributed by atoms with Gasteiger partial charge in [-0.05, 0) is 31.5 Å². The molecule has 0 bridgehead atoms. The van der Waals surface area contributed by atoms with Gasteiger partial charge in [0.15, 0.2) is 10.9 Å². The molecule has 2 amide bonds. The van der Waals surface area contributed by atoms with Crippen LogP contribution in [-0.4, -0.2) is 38.2 Å². The summed E-state index contributed by atoms with van der Waals surface area (Å²) in [5.74, 6) is -0.247. The highest BCUT2D eigenvalue weighted by molar-refractivity contribution is 7.13. The number of hydrogen-bond donors (Lipinski definition) is 3. The van der Waals surface area contributed by atoms with Gasteiger partial charge in [-0.2, -0.15) is 5.10 Å². The lowest BCUT2D eigenvalue weighted by molar-refractivity contribution is 0.0527. The minimum absolute atomic E-state index is 0.237. The van der Waals surface area contributed by atoms with E-state index in [1.54, 1.807) is 37.4 Å². The second-order valence-electron chi connectivity index (χ2n) is 6.53. The molecule has 3 aromatic heterocycles. The minimum Gasteiger partial charge on any atom is -0.462 e. The van der Waals surface area contributed by atoms with Gasteiger partial charge >= 0.3 is 12.0 Å². The number of aryl methyl sites for hydroxylation is 1. The van der Waals surface area contributed by atoms with Crippen molar-refractivity contribution in [2.24, 2.45) is 0 Å². The second-order valence-corrected chi connectivity index (χ2v) is 7.39. The van der Waals surface area contributed by atoms with Crippen molar-refractivity contribution < 1.29 is 14.3 Å². The molecule has 0 unspecified atom stereocenters. The average Bonchev–Trinajstić information content (AvgIpc) is 3.33. The van der Waals surface area contributed by atoms with E-state index >= 15 is 0 Å². The van der Waals surface area contributed by atoms with Crippen LogP contribution >= 0.6 is 11.3 Å². The molecule has 31 heavy (non-hydrogen) atoms. The molecule has 0 aliphatic rings. The molecule has 0 fully saturated rings. The van der Waals surface area contributed by atoms with Crippen molar-refractivity contribution >= 4 is 45.5 Å². The van der Waals surface area contributed by atoms with Crippen LogP contribution in [0.25, 0.3) is 16.6 Å². The molecule has 4 aromatic rings. The summed E-state index contributed by atoms with van der Waals surface area (Å²) in [5.41, 5.74) is 9.56. The van der Waals surface area contributed by atoms with Gasteiger partial charge in [-0.3, -0.25) is 5.32 Å².